The fourth-order valence-electron chi connectivity index (χ4n) is 2.01. The molecule has 3 nitrogen and oxygen atoms in total. The molecule has 3 heteroatoms. The van der Waals surface area contributed by atoms with Crippen LogP contribution in [0.5, 0.6) is 0 Å². The SMILES string of the molecule is Cn1ccc(CC(O)CC2CCC2)n1. The van der Waals surface area contributed by atoms with Crippen molar-refractivity contribution < 1.29 is 5.11 Å². The van der Waals surface area contributed by atoms with Crippen LogP contribution in [-0.4, -0.2) is 21.0 Å². The molecule has 0 aromatic carbocycles. The van der Waals surface area contributed by atoms with Crippen LogP contribution < -0.4 is 0 Å². The molecule has 0 bridgehead atoms. The Morgan fingerprint density at radius 1 is 1.64 bits per heavy atom. The normalized spacial score (nSPS) is 19.3. The summed E-state index contributed by atoms with van der Waals surface area (Å²) < 4.78 is 1.78. The molecule has 78 valence electrons. The quantitative estimate of drug-likeness (QED) is 0.789. The first-order chi connectivity index (χ1) is 6.74. The van der Waals surface area contributed by atoms with Gasteiger partial charge in [0.2, 0.25) is 0 Å². The Balaban J connectivity index is 1.78. The number of aromatic nitrogens is 2. The van der Waals surface area contributed by atoms with Gasteiger partial charge >= 0.3 is 0 Å². The molecule has 1 aliphatic carbocycles. The number of rotatable bonds is 4. The van der Waals surface area contributed by atoms with Gasteiger partial charge in [0.1, 0.15) is 0 Å². The molecule has 1 heterocycles. The highest BCUT2D eigenvalue weighted by Crippen LogP contribution is 2.30. The molecule has 0 amide bonds. The van der Waals surface area contributed by atoms with Gasteiger partial charge in [0, 0.05) is 19.7 Å². The summed E-state index contributed by atoms with van der Waals surface area (Å²) in [6.07, 6.45) is 7.34. The van der Waals surface area contributed by atoms with Crippen molar-refractivity contribution in [3.8, 4) is 0 Å². The van der Waals surface area contributed by atoms with Gasteiger partial charge in [0.15, 0.2) is 0 Å². The molecule has 0 aliphatic heterocycles. The third kappa shape index (κ3) is 2.35. The van der Waals surface area contributed by atoms with E-state index in [1.165, 1.54) is 19.3 Å². The fraction of sp³-hybridized carbons (Fsp3) is 0.727. The van der Waals surface area contributed by atoms with Gasteiger partial charge in [-0.2, -0.15) is 5.10 Å². The maximum atomic E-state index is 9.80. The van der Waals surface area contributed by atoms with Gasteiger partial charge in [-0.05, 0) is 18.4 Å². The Labute approximate surface area is 84.7 Å². The number of aryl methyl sites for hydroxylation is 1. The zero-order valence-electron chi connectivity index (χ0n) is 8.69. The second-order valence-corrected chi connectivity index (χ2v) is 4.37. The van der Waals surface area contributed by atoms with Gasteiger partial charge < -0.3 is 5.11 Å². The largest absolute Gasteiger partial charge is 0.393 e. The highest BCUT2D eigenvalue weighted by atomic mass is 16.3. The van der Waals surface area contributed by atoms with Gasteiger partial charge in [-0.25, -0.2) is 0 Å². The van der Waals surface area contributed by atoms with Gasteiger partial charge in [0.05, 0.1) is 11.8 Å². The van der Waals surface area contributed by atoms with E-state index in [0.717, 1.165) is 18.0 Å². The molecular formula is C11H18N2O. The molecular weight excluding hydrogens is 176 g/mol. The summed E-state index contributed by atoms with van der Waals surface area (Å²) in [6.45, 7) is 0. The van der Waals surface area contributed by atoms with E-state index in [1.54, 1.807) is 4.68 Å². The fourth-order valence-corrected chi connectivity index (χ4v) is 2.01. The molecule has 0 radical (unpaired) electrons. The second kappa shape index (κ2) is 4.13. The van der Waals surface area contributed by atoms with Crippen molar-refractivity contribution in [2.75, 3.05) is 0 Å². The molecule has 0 saturated heterocycles. The number of nitrogens with zero attached hydrogens (tertiary/aromatic N) is 2. The molecule has 1 aromatic heterocycles. The number of hydrogen-bond donors (Lipinski definition) is 1. The van der Waals surface area contributed by atoms with Crippen LogP contribution in [0.2, 0.25) is 0 Å². The average molecular weight is 194 g/mol. The van der Waals surface area contributed by atoms with Crippen LogP contribution in [0.3, 0.4) is 0 Å². The summed E-state index contributed by atoms with van der Waals surface area (Å²) in [7, 11) is 1.90. The first kappa shape index (κ1) is 9.71. The van der Waals surface area contributed by atoms with E-state index in [9.17, 15) is 5.11 Å². The topological polar surface area (TPSA) is 38.0 Å². The summed E-state index contributed by atoms with van der Waals surface area (Å²) in [5.41, 5.74) is 0.999. The smallest absolute Gasteiger partial charge is 0.0650 e. The first-order valence-corrected chi connectivity index (χ1v) is 5.40. The third-order valence-electron chi connectivity index (χ3n) is 3.04. The third-order valence-corrected chi connectivity index (χ3v) is 3.04. The number of aliphatic hydroxyl groups excluding tert-OH is 1. The summed E-state index contributed by atoms with van der Waals surface area (Å²) in [5, 5.41) is 14.1. The van der Waals surface area contributed by atoms with E-state index in [2.05, 4.69) is 5.10 Å². The Kier molecular flexibility index (Phi) is 2.87. The Hall–Kier alpha value is -0.830. The van der Waals surface area contributed by atoms with Crippen molar-refractivity contribution in [1.29, 1.82) is 0 Å². The summed E-state index contributed by atoms with van der Waals surface area (Å²) >= 11 is 0. The van der Waals surface area contributed by atoms with Crippen LogP contribution in [0, 0.1) is 5.92 Å². The predicted molar refractivity (Wildman–Crippen MR) is 54.9 cm³/mol. The standard InChI is InChI=1S/C11H18N2O/c1-13-6-5-10(12-13)8-11(14)7-9-3-2-4-9/h5-6,9,11,14H,2-4,7-8H2,1H3. The number of hydrogen-bond acceptors (Lipinski definition) is 2. The summed E-state index contributed by atoms with van der Waals surface area (Å²) in [5.74, 6) is 0.772. The maximum Gasteiger partial charge on any atom is 0.0650 e. The minimum absolute atomic E-state index is 0.199. The maximum absolute atomic E-state index is 9.80. The van der Waals surface area contributed by atoms with E-state index in [0.29, 0.717) is 6.42 Å². The highest BCUT2D eigenvalue weighted by Gasteiger charge is 2.21. The van der Waals surface area contributed by atoms with Crippen LogP contribution in [0.15, 0.2) is 12.3 Å². The lowest BCUT2D eigenvalue weighted by atomic mass is 9.81. The van der Waals surface area contributed by atoms with E-state index in [4.69, 9.17) is 0 Å². The molecule has 14 heavy (non-hydrogen) atoms. The van der Waals surface area contributed by atoms with Crippen LogP contribution in [-0.2, 0) is 13.5 Å². The van der Waals surface area contributed by atoms with Gasteiger partial charge in [-0.15, -0.1) is 0 Å². The van der Waals surface area contributed by atoms with Gasteiger partial charge in [-0.3, -0.25) is 4.68 Å². The Morgan fingerprint density at radius 3 is 2.93 bits per heavy atom. The lowest BCUT2D eigenvalue weighted by Crippen LogP contribution is -2.21. The van der Waals surface area contributed by atoms with Gasteiger partial charge in [-0.1, -0.05) is 19.3 Å². The molecule has 1 unspecified atom stereocenters. The monoisotopic (exact) mass is 194 g/mol. The molecule has 0 spiro atoms. The Bertz CT molecular complexity index is 291. The van der Waals surface area contributed by atoms with E-state index >= 15 is 0 Å². The molecule has 1 saturated carbocycles. The van der Waals surface area contributed by atoms with E-state index < -0.39 is 0 Å². The summed E-state index contributed by atoms with van der Waals surface area (Å²) in [4.78, 5) is 0. The minimum Gasteiger partial charge on any atom is -0.393 e. The molecule has 1 atom stereocenters. The zero-order chi connectivity index (χ0) is 9.97. The zero-order valence-corrected chi connectivity index (χ0v) is 8.69. The lowest BCUT2D eigenvalue weighted by molar-refractivity contribution is 0.117. The molecule has 2 rings (SSSR count). The van der Waals surface area contributed by atoms with Crippen molar-refractivity contribution in [2.45, 2.75) is 38.2 Å². The molecule has 1 aliphatic rings. The van der Waals surface area contributed by atoms with E-state index in [1.807, 2.05) is 19.3 Å². The van der Waals surface area contributed by atoms with Crippen LogP contribution in [0.1, 0.15) is 31.4 Å². The Morgan fingerprint density at radius 2 is 2.43 bits per heavy atom. The minimum atomic E-state index is -0.199. The molecule has 1 N–H and O–H groups in total. The lowest BCUT2D eigenvalue weighted by Gasteiger charge is -2.27. The van der Waals surface area contributed by atoms with Crippen LogP contribution in [0.4, 0.5) is 0 Å². The van der Waals surface area contributed by atoms with Crippen molar-refractivity contribution in [3.63, 3.8) is 0 Å². The second-order valence-electron chi connectivity index (χ2n) is 4.37. The molecule has 1 aromatic rings. The average Bonchev–Trinajstić information content (AvgIpc) is 2.44. The molecule has 1 fully saturated rings. The first-order valence-electron chi connectivity index (χ1n) is 5.40. The van der Waals surface area contributed by atoms with Crippen molar-refractivity contribution >= 4 is 0 Å². The predicted octanol–water partition coefficient (Wildman–Crippen LogP) is 1.51. The van der Waals surface area contributed by atoms with Crippen LogP contribution in [0.25, 0.3) is 0 Å². The van der Waals surface area contributed by atoms with Crippen molar-refractivity contribution in [1.82, 2.24) is 9.78 Å². The number of aliphatic hydroxyl groups is 1. The van der Waals surface area contributed by atoms with Gasteiger partial charge in [0.25, 0.3) is 0 Å². The van der Waals surface area contributed by atoms with Crippen LogP contribution >= 0.6 is 0 Å². The summed E-state index contributed by atoms with van der Waals surface area (Å²) in [6, 6.07) is 1.98. The van der Waals surface area contributed by atoms with Crippen molar-refractivity contribution in [3.05, 3.63) is 18.0 Å². The van der Waals surface area contributed by atoms with Crippen molar-refractivity contribution in [2.24, 2.45) is 13.0 Å². The van der Waals surface area contributed by atoms with E-state index in [-0.39, 0.29) is 6.10 Å². The highest BCUT2D eigenvalue weighted by molar-refractivity contribution is 5.00.